The lowest BCUT2D eigenvalue weighted by atomic mass is 10.2. The fraction of sp³-hybridized carbons (Fsp3) is 0.300. The number of methoxy groups -OCH3 is 4. The number of amides is 1. The predicted molar refractivity (Wildman–Crippen MR) is 116 cm³/mol. The number of ether oxygens (including phenoxy) is 4. The number of anilines is 1. The molecule has 0 radical (unpaired) electrons. The zero-order valence-corrected chi connectivity index (χ0v) is 19.0. The number of hydrogen-bond acceptors (Lipinski definition) is 8. The third kappa shape index (κ3) is 5.18. The molecule has 9 nitrogen and oxygen atoms in total. The topological polar surface area (TPSA) is 99.0 Å². The Labute approximate surface area is 189 Å². The minimum Gasteiger partial charge on any atom is -0.495 e. The summed E-state index contributed by atoms with van der Waals surface area (Å²) in [6, 6.07) is 6.44. The number of benzene rings is 2. The lowest BCUT2D eigenvalue weighted by Gasteiger charge is -2.21. The van der Waals surface area contributed by atoms with Crippen molar-refractivity contribution in [3.63, 3.8) is 0 Å². The molecule has 0 aliphatic carbocycles. The van der Waals surface area contributed by atoms with Gasteiger partial charge in [-0.15, -0.1) is 5.11 Å². The Morgan fingerprint density at radius 2 is 1.42 bits per heavy atom. The van der Waals surface area contributed by atoms with Gasteiger partial charge in [0, 0.05) is 11.8 Å². The van der Waals surface area contributed by atoms with Gasteiger partial charge >= 0.3 is 0 Å². The van der Waals surface area contributed by atoms with Gasteiger partial charge in [0.05, 0.1) is 28.4 Å². The number of para-hydroxylation sites is 1. The molecule has 1 atom stereocenters. The molecule has 1 unspecified atom stereocenters. The molecule has 1 amide bonds. The fourth-order valence-electron chi connectivity index (χ4n) is 2.61. The van der Waals surface area contributed by atoms with Crippen LogP contribution in [0.2, 0.25) is 5.02 Å². The molecule has 0 N–H and O–H groups in total. The van der Waals surface area contributed by atoms with Crippen LogP contribution in [0.25, 0.3) is 0 Å². The van der Waals surface area contributed by atoms with E-state index in [9.17, 15) is 9.59 Å². The summed E-state index contributed by atoms with van der Waals surface area (Å²) in [4.78, 5) is 25.2. The first-order chi connectivity index (χ1) is 14.8. The van der Waals surface area contributed by atoms with E-state index < -0.39 is 17.7 Å². The zero-order chi connectivity index (χ0) is 23.1. The Bertz CT molecular complexity index is 977. The van der Waals surface area contributed by atoms with Crippen LogP contribution < -0.4 is 23.4 Å². The van der Waals surface area contributed by atoms with Gasteiger partial charge in [0.15, 0.2) is 5.78 Å². The quantitative estimate of drug-likeness (QED) is 0.302. The number of azo groups is 1. The normalized spacial score (nSPS) is 11.7. The van der Waals surface area contributed by atoms with Gasteiger partial charge in [0.25, 0.3) is 5.91 Å². The van der Waals surface area contributed by atoms with Gasteiger partial charge < -0.3 is 18.9 Å². The Hall–Kier alpha value is -3.04. The number of carbonyl (C=O) groups is 2. The second-order valence-corrected chi connectivity index (χ2v) is 6.71. The van der Waals surface area contributed by atoms with Crippen LogP contribution in [0, 0.1) is 0 Å². The second kappa shape index (κ2) is 10.8. The molecule has 11 heteroatoms. The van der Waals surface area contributed by atoms with E-state index in [4.69, 9.17) is 42.3 Å². The summed E-state index contributed by atoms with van der Waals surface area (Å²) in [5, 5.41) is 7.99. The lowest BCUT2D eigenvalue weighted by molar-refractivity contribution is -0.126. The Balaban J connectivity index is 2.47. The van der Waals surface area contributed by atoms with Crippen LogP contribution in [0.1, 0.15) is 6.92 Å². The Morgan fingerprint density at radius 3 is 1.90 bits per heavy atom. The van der Waals surface area contributed by atoms with Crippen molar-refractivity contribution in [1.82, 2.24) is 0 Å². The molecule has 0 aliphatic heterocycles. The molecule has 0 spiro atoms. The molecular weight excluding hydrogens is 449 g/mol. The van der Waals surface area contributed by atoms with Crippen LogP contribution in [0.5, 0.6) is 23.0 Å². The summed E-state index contributed by atoms with van der Waals surface area (Å²) in [5.41, 5.74) is 0.219. The van der Waals surface area contributed by atoms with E-state index in [0.717, 1.165) is 0 Å². The number of nitrogens with zero attached hydrogens (tertiary/aromatic N) is 3. The standard InChI is InChI=1S/C20H21Cl2N3O6/c1-11(26)17(23-24-18-13(29-3)10-9-12(28-2)16(18)21)20(27)25(22)19-14(30-4)7-6-8-15(19)31-5/h6-10,17H,1-5H3. The van der Waals surface area contributed by atoms with E-state index in [2.05, 4.69) is 10.2 Å². The molecule has 2 aromatic carbocycles. The first-order valence-electron chi connectivity index (χ1n) is 8.83. The highest BCUT2D eigenvalue weighted by molar-refractivity contribution is 6.40. The van der Waals surface area contributed by atoms with Crippen molar-refractivity contribution in [3.8, 4) is 23.0 Å². The van der Waals surface area contributed by atoms with Gasteiger partial charge in [-0.1, -0.05) is 17.7 Å². The van der Waals surface area contributed by atoms with Gasteiger partial charge in [-0.25, -0.2) is 4.42 Å². The zero-order valence-electron chi connectivity index (χ0n) is 17.5. The molecule has 2 rings (SSSR count). The maximum Gasteiger partial charge on any atom is 0.276 e. The summed E-state index contributed by atoms with van der Waals surface area (Å²) in [6.45, 7) is 1.19. The highest BCUT2D eigenvalue weighted by atomic mass is 35.5. The molecule has 166 valence electrons. The molecule has 0 saturated carbocycles. The highest BCUT2D eigenvalue weighted by Gasteiger charge is 2.32. The van der Waals surface area contributed by atoms with Crippen LogP contribution in [-0.4, -0.2) is 46.2 Å². The van der Waals surface area contributed by atoms with Crippen LogP contribution in [-0.2, 0) is 9.59 Å². The Kier molecular flexibility index (Phi) is 8.47. The van der Waals surface area contributed by atoms with E-state index in [1.165, 1.54) is 35.4 Å². The van der Waals surface area contributed by atoms with E-state index in [1.54, 1.807) is 30.3 Å². The Morgan fingerprint density at radius 1 is 0.903 bits per heavy atom. The lowest BCUT2D eigenvalue weighted by Crippen LogP contribution is -2.36. The minimum atomic E-state index is -1.56. The summed E-state index contributed by atoms with van der Waals surface area (Å²) < 4.78 is 21.6. The molecular formula is C20H21Cl2N3O6. The van der Waals surface area contributed by atoms with E-state index in [1.807, 2.05) is 0 Å². The van der Waals surface area contributed by atoms with Crippen LogP contribution in [0.4, 0.5) is 11.4 Å². The first kappa shape index (κ1) is 24.2. The number of Topliss-reactive ketones (excluding diaryl/α,β-unsaturated/α-hetero) is 1. The average molecular weight is 470 g/mol. The summed E-state index contributed by atoms with van der Waals surface area (Å²) >= 11 is 12.6. The largest absolute Gasteiger partial charge is 0.495 e. The number of rotatable bonds is 9. The second-order valence-electron chi connectivity index (χ2n) is 5.99. The van der Waals surface area contributed by atoms with Crippen molar-refractivity contribution in [2.24, 2.45) is 10.2 Å². The maximum atomic E-state index is 13.0. The van der Waals surface area contributed by atoms with Crippen molar-refractivity contribution in [2.45, 2.75) is 13.0 Å². The molecule has 0 aliphatic rings. The van der Waals surface area contributed by atoms with Crippen molar-refractivity contribution in [2.75, 3.05) is 32.9 Å². The van der Waals surface area contributed by atoms with Gasteiger partial charge in [-0.05, 0) is 31.2 Å². The third-order valence-electron chi connectivity index (χ3n) is 4.17. The molecule has 2 aromatic rings. The van der Waals surface area contributed by atoms with E-state index >= 15 is 0 Å². The van der Waals surface area contributed by atoms with Gasteiger partial charge in [-0.2, -0.15) is 5.11 Å². The number of carbonyl (C=O) groups excluding carboxylic acids is 2. The van der Waals surface area contributed by atoms with Crippen molar-refractivity contribution in [3.05, 3.63) is 35.4 Å². The molecule has 0 fully saturated rings. The third-order valence-corrected chi connectivity index (χ3v) is 4.87. The molecule has 0 bridgehead atoms. The van der Waals surface area contributed by atoms with Gasteiger partial charge in [-0.3, -0.25) is 9.59 Å². The maximum absolute atomic E-state index is 13.0. The number of hydrogen-bond donors (Lipinski definition) is 0. The predicted octanol–water partition coefficient (Wildman–Crippen LogP) is 4.60. The molecule has 0 saturated heterocycles. The number of halogens is 2. The van der Waals surface area contributed by atoms with E-state index in [0.29, 0.717) is 10.2 Å². The summed E-state index contributed by atoms with van der Waals surface area (Å²) in [6.07, 6.45) is 0. The molecule has 0 heterocycles. The summed E-state index contributed by atoms with van der Waals surface area (Å²) in [5.74, 6) is -0.331. The van der Waals surface area contributed by atoms with E-state index in [-0.39, 0.29) is 33.6 Å². The average Bonchev–Trinajstić information content (AvgIpc) is 2.78. The fourth-order valence-corrected chi connectivity index (χ4v) is 3.14. The van der Waals surface area contributed by atoms with Crippen LogP contribution in [0.15, 0.2) is 40.6 Å². The smallest absolute Gasteiger partial charge is 0.276 e. The van der Waals surface area contributed by atoms with Crippen LogP contribution in [0.3, 0.4) is 0 Å². The van der Waals surface area contributed by atoms with Crippen molar-refractivity contribution < 1.29 is 28.5 Å². The molecule has 0 aromatic heterocycles. The minimum absolute atomic E-state index is 0.0959. The van der Waals surface area contributed by atoms with Crippen molar-refractivity contribution in [1.29, 1.82) is 0 Å². The summed E-state index contributed by atoms with van der Waals surface area (Å²) in [7, 11) is 5.67. The highest BCUT2D eigenvalue weighted by Crippen LogP contribution is 2.42. The monoisotopic (exact) mass is 469 g/mol. The number of ketones is 1. The van der Waals surface area contributed by atoms with Crippen molar-refractivity contribution >= 4 is 46.4 Å². The SMILES string of the molecule is COc1ccc(OC)c(N=NC(C(C)=O)C(=O)N(Cl)c2c(OC)cccc2OC)c1Cl. The molecule has 31 heavy (non-hydrogen) atoms. The van der Waals surface area contributed by atoms with Gasteiger partial charge in [0.1, 0.15) is 39.4 Å². The van der Waals surface area contributed by atoms with Gasteiger partial charge in [0.2, 0.25) is 6.04 Å². The first-order valence-corrected chi connectivity index (χ1v) is 9.54. The van der Waals surface area contributed by atoms with Crippen LogP contribution >= 0.6 is 23.4 Å².